The maximum Gasteiger partial charge on any atom is 0.276 e. The summed E-state index contributed by atoms with van der Waals surface area (Å²) in [6, 6.07) is 7.56. The van der Waals surface area contributed by atoms with Crippen LogP contribution < -0.4 is 10.4 Å². The fourth-order valence-electron chi connectivity index (χ4n) is 2.17. The van der Waals surface area contributed by atoms with Crippen LogP contribution in [0.25, 0.3) is 0 Å². The maximum atomic E-state index is 14.0. The molecule has 2 aromatic rings. The molecule has 142 valence electrons. The van der Waals surface area contributed by atoms with Crippen molar-refractivity contribution >= 4 is 23.7 Å². The quantitative estimate of drug-likeness (QED) is 0.476. The molecule has 2 N–H and O–H groups in total. The van der Waals surface area contributed by atoms with Gasteiger partial charge in [0.15, 0.2) is 0 Å². The lowest BCUT2D eigenvalue weighted by molar-refractivity contribution is 0.0705. The molecule has 2 amide bonds. The van der Waals surface area contributed by atoms with Crippen molar-refractivity contribution in [2.75, 3.05) is 26.0 Å². The van der Waals surface area contributed by atoms with E-state index in [4.69, 9.17) is 5.21 Å². The van der Waals surface area contributed by atoms with E-state index in [0.717, 1.165) is 17.3 Å². The second-order valence-corrected chi connectivity index (χ2v) is 5.81. The highest BCUT2D eigenvalue weighted by Crippen LogP contribution is 2.18. The molecule has 0 radical (unpaired) electrons. The minimum Gasteiger partial charge on any atom is -0.378 e. The SMILES string of the molecule is CN(N=Cc1ccc(C(=O)NO)cc1F)C(=O)c1cc(N(C)C)ccc1F. The summed E-state index contributed by atoms with van der Waals surface area (Å²) in [6.07, 6.45) is 1.07. The van der Waals surface area contributed by atoms with E-state index in [1.807, 2.05) is 0 Å². The molecule has 9 heteroatoms. The number of benzene rings is 2. The second kappa shape index (κ2) is 8.37. The van der Waals surface area contributed by atoms with Gasteiger partial charge in [-0.1, -0.05) is 0 Å². The highest BCUT2D eigenvalue weighted by Gasteiger charge is 2.17. The molecule has 0 aliphatic rings. The van der Waals surface area contributed by atoms with Gasteiger partial charge in [-0.3, -0.25) is 14.8 Å². The molecule has 0 bridgehead atoms. The van der Waals surface area contributed by atoms with Crippen molar-refractivity contribution in [3.8, 4) is 0 Å². The fraction of sp³-hybridized carbons (Fsp3) is 0.167. The number of hydrogen-bond donors (Lipinski definition) is 2. The highest BCUT2D eigenvalue weighted by molar-refractivity contribution is 5.96. The smallest absolute Gasteiger partial charge is 0.276 e. The molecule has 0 saturated heterocycles. The first-order valence-electron chi connectivity index (χ1n) is 7.77. The number of hydrazone groups is 1. The summed E-state index contributed by atoms with van der Waals surface area (Å²) in [5.74, 6) is -3.04. The summed E-state index contributed by atoms with van der Waals surface area (Å²) in [7, 11) is 4.83. The molecule has 0 aliphatic heterocycles. The molecular weight excluding hydrogens is 358 g/mol. The zero-order valence-electron chi connectivity index (χ0n) is 14.9. The predicted molar refractivity (Wildman–Crippen MR) is 96.1 cm³/mol. The third-order valence-corrected chi connectivity index (χ3v) is 3.72. The Hall–Kier alpha value is -3.33. The van der Waals surface area contributed by atoms with Crippen LogP contribution in [0.3, 0.4) is 0 Å². The van der Waals surface area contributed by atoms with E-state index in [1.54, 1.807) is 19.0 Å². The number of carbonyl (C=O) groups excluding carboxylic acids is 2. The minimum atomic E-state index is -0.860. The Kier molecular flexibility index (Phi) is 6.19. The lowest BCUT2D eigenvalue weighted by atomic mass is 10.1. The third kappa shape index (κ3) is 4.64. The van der Waals surface area contributed by atoms with Crippen molar-refractivity contribution in [1.82, 2.24) is 10.5 Å². The van der Waals surface area contributed by atoms with Gasteiger partial charge < -0.3 is 4.90 Å². The standard InChI is InChI=1S/C18H18F2N4O3/c1-23(2)13-6-7-15(19)14(9-13)18(26)24(3)21-10-12-5-4-11(8-16(12)20)17(25)22-27/h4-10,27H,1-3H3,(H,22,25). The number of hydrogen-bond acceptors (Lipinski definition) is 5. The van der Waals surface area contributed by atoms with Gasteiger partial charge in [-0.05, 0) is 36.4 Å². The summed E-state index contributed by atoms with van der Waals surface area (Å²) in [4.78, 5) is 25.4. The van der Waals surface area contributed by atoms with E-state index >= 15 is 0 Å². The Morgan fingerprint density at radius 1 is 1.07 bits per heavy atom. The number of amides is 2. The molecule has 7 nitrogen and oxygen atoms in total. The molecule has 2 rings (SSSR count). The molecule has 0 spiro atoms. The number of anilines is 1. The van der Waals surface area contributed by atoms with Crippen molar-refractivity contribution in [2.45, 2.75) is 0 Å². The summed E-state index contributed by atoms with van der Waals surface area (Å²) in [5.41, 5.74) is 1.79. The largest absolute Gasteiger partial charge is 0.378 e. The van der Waals surface area contributed by atoms with Crippen LogP contribution in [0.15, 0.2) is 41.5 Å². The molecule has 0 saturated carbocycles. The molecule has 0 unspecified atom stereocenters. The van der Waals surface area contributed by atoms with E-state index < -0.39 is 23.4 Å². The van der Waals surface area contributed by atoms with Crippen LogP contribution >= 0.6 is 0 Å². The van der Waals surface area contributed by atoms with E-state index in [2.05, 4.69) is 5.10 Å². The van der Waals surface area contributed by atoms with Crippen LogP contribution in [0, 0.1) is 11.6 Å². The molecule has 27 heavy (non-hydrogen) atoms. The van der Waals surface area contributed by atoms with Crippen molar-refractivity contribution < 1.29 is 23.6 Å². The summed E-state index contributed by atoms with van der Waals surface area (Å²) >= 11 is 0. The molecule has 2 aromatic carbocycles. The average Bonchev–Trinajstić information content (AvgIpc) is 2.65. The zero-order chi connectivity index (χ0) is 20.1. The number of nitrogens with one attached hydrogen (secondary N) is 1. The molecule has 0 heterocycles. The van der Waals surface area contributed by atoms with Gasteiger partial charge in [0.05, 0.1) is 11.8 Å². The third-order valence-electron chi connectivity index (χ3n) is 3.72. The van der Waals surface area contributed by atoms with Gasteiger partial charge in [-0.2, -0.15) is 5.10 Å². The van der Waals surface area contributed by atoms with Crippen LogP contribution in [0.1, 0.15) is 26.3 Å². The maximum absolute atomic E-state index is 14.0. The van der Waals surface area contributed by atoms with Gasteiger partial charge in [-0.15, -0.1) is 0 Å². The fourth-order valence-corrected chi connectivity index (χ4v) is 2.17. The molecule has 0 fully saturated rings. The van der Waals surface area contributed by atoms with Crippen LogP contribution in [0.4, 0.5) is 14.5 Å². The number of nitrogens with zero attached hydrogens (tertiary/aromatic N) is 3. The van der Waals surface area contributed by atoms with E-state index in [0.29, 0.717) is 5.69 Å². The van der Waals surface area contributed by atoms with Crippen molar-refractivity contribution in [1.29, 1.82) is 0 Å². The Morgan fingerprint density at radius 3 is 2.37 bits per heavy atom. The summed E-state index contributed by atoms with van der Waals surface area (Å²) in [6.45, 7) is 0. The number of carbonyl (C=O) groups is 2. The van der Waals surface area contributed by atoms with Gasteiger partial charge in [0.2, 0.25) is 0 Å². The van der Waals surface area contributed by atoms with E-state index in [1.165, 1.54) is 42.9 Å². The van der Waals surface area contributed by atoms with Gasteiger partial charge in [-0.25, -0.2) is 19.3 Å². The summed E-state index contributed by atoms with van der Waals surface area (Å²) in [5, 5.41) is 13.3. The van der Waals surface area contributed by atoms with Crippen LogP contribution in [0.5, 0.6) is 0 Å². The number of rotatable bonds is 5. The topological polar surface area (TPSA) is 85.2 Å². The van der Waals surface area contributed by atoms with Crippen LogP contribution in [0.2, 0.25) is 0 Å². The van der Waals surface area contributed by atoms with Gasteiger partial charge in [0.1, 0.15) is 11.6 Å². The van der Waals surface area contributed by atoms with Crippen molar-refractivity contribution in [3.63, 3.8) is 0 Å². The zero-order valence-corrected chi connectivity index (χ0v) is 14.9. The molecule has 0 aliphatic carbocycles. The van der Waals surface area contributed by atoms with E-state index in [-0.39, 0.29) is 16.7 Å². The highest BCUT2D eigenvalue weighted by atomic mass is 19.1. The van der Waals surface area contributed by atoms with Gasteiger partial charge in [0.25, 0.3) is 11.8 Å². The second-order valence-electron chi connectivity index (χ2n) is 5.81. The average molecular weight is 376 g/mol. The van der Waals surface area contributed by atoms with Crippen LogP contribution in [-0.2, 0) is 0 Å². The Bertz CT molecular complexity index is 900. The first kappa shape index (κ1) is 20.0. The Labute approximate surface area is 154 Å². The minimum absolute atomic E-state index is 0.00616. The van der Waals surface area contributed by atoms with Crippen molar-refractivity contribution in [3.05, 3.63) is 64.7 Å². The molecule has 0 atom stereocenters. The summed E-state index contributed by atoms with van der Waals surface area (Å²) < 4.78 is 28.0. The normalized spacial score (nSPS) is 10.7. The van der Waals surface area contributed by atoms with E-state index in [9.17, 15) is 18.4 Å². The first-order chi connectivity index (χ1) is 12.7. The monoisotopic (exact) mass is 376 g/mol. The number of hydroxylamine groups is 1. The molecular formula is C18H18F2N4O3. The van der Waals surface area contributed by atoms with Gasteiger partial charge in [0, 0.05) is 38.0 Å². The van der Waals surface area contributed by atoms with Crippen LogP contribution in [-0.4, -0.2) is 49.4 Å². The Balaban J connectivity index is 2.22. The number of halogens is 2. The van der Waals surface area contributed by atoms with Crippen molar-refractivity contribution in [2.24, 2.45) is 5.10 Å². The molecule has 0 aromatic heterocycles. The first-order valence-corrected chi connectivity index (χ1v) is 7.77. The predicted octanol–water partition coefficient (Wildman–Crippen LogP) is 2.26. The lowest BCUT2D eigenvalue weighted by Crippen LogP contribution is -2.23. The Morgan fingerprint density at radius 2 is 1.78 bits per heavy atom. The van der Waals surface area contributed by atoms with Gasteiger partial charge >= 0.3 is 0 Å². The lowest BCUT2D eigenvalue weighted by Gasteiger charge is -2.16.